The smallest absolute Gasteiger partial charge is 0.224 e. The maximum atomic E-state index is 12.0. The molecular formula is C12H21NO3S. The van der Waals surface area contributed by atoms with Crippen molar-refractivity contribution in [2.75, 3.05) is 11.5 Å². The van der Waals surface area contributed by atoms with Gasteiger partial charge in [-0.05, 0) is 25.2 Å². The maximum absolute atomic E-state index is 12.0. The van der Waals surface area contributed by atoms with E-state index in [2.05, 4.69) is 12.2 Å². The van der Waals surface area contributed by atoms with Crippen LogP contribution < -0.4 is 5.32 Å². The molecular weight excluding hydrogens is 238 g/mol. The van der Waals surface area contributed by atoms with Gasteiger partial charge >= 0.3 is 0 Å². The second-order valence-corrected chi connectivity index (χ2v) is 7.71. The fraction of sp³-hybridized carbons (Fsp3) is 0.917. The number of amides is 1. The van der Waals surface area contributed by atoms with Crippen LogP contribution in [0.2, 0.25) is 0 Å². The standard InChI is InChI=1S/C12H21NO3S/c1-9-4-2-3-5-11(9)13-12(14)10-6-7-17(15,16)8-10/h9-11H,2-8H2,1H3,(H,13,14)/t9-,10-,11+/m1/s1. The molecule has 0 bridgehead atoms. The zero-order chi connectivity index (χ0) is 12.5. The number of carbonyl (C=O) groups is 1. The van der Waals surface area contributed by atoms with Crippen LogP contribution >= 0.6 is 0 Å². The SMILES string of the molecule is C[C@@H]1CCCC[C@@H]1NC(=O)[C@@H]1CCS(=O)(=O)C1. The lowest BCUT2D eigenvalue weighted by atomic mass is 9.85. The summed E-state index contributed by atoms with van der Waals surface area (Å²) >= 11 is 0. The molecule has 0 aromatic heterocycles. The fourth-order valence-electron chi connectivity index (χ4n) is 2.83. The first-order chi connectivity index (χ1) is 7.98. The lowest BCUT2D eigenvalue weighted by Crippen LogP contribution is -2.44. The molecule has 3 atom stereocenters. The summed E-state index contributed by atoms with van der Waals surface area (Å²) in [5.74, 6) is 0.371. The first-order valence-electron chi connectivity index (χ1n) is 6.49. The molecule has 1 heterocycles. The van der Waals surface area contributed by atoms with E-state index in [4.69, 9.17) is 0 Å². The zero-order valence-electron chi connectivity index (χ0n) is 10.3. The molecule has 0 radical (unpaired) electrons. The number of hydrogen-bond donors (Lipinski definition) is 1. The van der Waals surface area contributed by atoms with Gasteiger partial charge in [-0.1, -0.05) is 19.8 Å². The second-order valence-electron chi connectivity index (χ2n) is 5.48. The van der Waals surface area contributed by atoms with Gasteiger partial charge in [0, 0.05) is 6.04 Å². The summed E-state index contributed by atoms with van der Waals surface area (Å²) in [4.78, 5) is 12.0. The van der Waals surface area contributed by atoms with E-state index in [9.17, 15) is 13.2 Å². The van der Waals surface area contributed by atoms with E-state index in [-0.39, 0.29) is 29.4 Å². The van der Waals surface area contributed by atoms with Gasteiger partial charge < -0.3 is 5.32 Å². The lowest BCUT2D eigenvalue weighted by Gasteiger charge is -2.30. The summed E-state index contributed by atoms with van der Waals surface area (Å²) in [5, 5.41) is 3.04. The molecule has 1 saturated carbocycles. The van der Waals surface area contributed by atoms with Gasteiger partial charge in [0.1, 0.15) is 0 Å². The van der Waals surface area contributed by atoms with Gasteiger partial charge in [0.05, 0.1) is 17.4 Å². The number of sulfone groups is 1. The van der Waals surface area contributed by atoms with Crippen LogP contribution in [0.1, 0.15) is 39.0 Å². The van der Waals surface area contributed by atoms with E-state index in [0.29, 0.717) is 12.3 Å². The normalized spacial score (nSPS) is 36.6. The van der Waals surface area contributed by atoms with Crippen molar-refractivity contribution in [2.45, 2.75) is 45.1 Å². The predicted molar refractivity (Wildman–Crippen MR) is 66.3 cm³/mol. The average molecular weight is 259 g/mol. The number of carbonyl (C=O) groups excluding carboxylic acids is 1. The molecule has 1 aliphatic carbocycles. The molecule has 0 unspecified atom stereocenters. The van der Waals surface area contributed by atoms with Crippen LogP contribution in [0.25, 0.3) is 0 Å². The van der Waals surface area contributed by atoms with E-state index in [1.165, 1.54) is 6.42 Å². The molecule has 5 heteroatoms. The topological polar surface area (TPSA) is 63.2 Å². The van der Waals surface area contributed by atoms with Gasteiger partial charge in [-0.2, -0.15) is 0 Å². The van der Waals surface area contributed by atoms with Crippen LogP contribution in [0.15, 0.2) is 0 Å². The monoisotopic (exact) mass is 259 g/mol. The van der Waals surface area contributed by atoms with Crippen molar-refractivity contribution in [1.29, 1.82) is 0 Å². The molecule has 2 aliphatic rings. The Kier molecular flexibility index (Phi) is 3.76. The number of rotatable bonds is 2. The van der Waals surface area contributed by atoms with Gasteiger partial charge in [0.15, 0.2) is 9.84 Å². The van der Waals surface area contributed by atoms with Crippen molar-refractivity contribution in [3.63, 3.8) is 0 Å². The molecule has 1 aliphatic heterocycles. The molecule has 4 nitrogen and oxygen atoms in total. The summed E-state index contributed by atoms with van der Waals surface area (Å²) in [6, 6.07) is 0.250. The minimum Gasteiger partial charge on any atom is -0.353 e. The first-order valence-corrected chi connectivity index (χ1v) is 8.31. The van der Waals surface area contributed by atoms with E-state index in [1.54, 1.807) is 0 Å². The highest BCUT2D eigenvalue weighted by Gasteiger charge is 2.34. The maximum Gasteiger partial charge on any atom is 0.224 e. The highest BCUT2D eigenvalue weighted by Crippen LogP contribution is 2.25. The zero-order valence-corrected chi connectivity index (χ0v) is 11.1. The summed E-state index contributed by atoms with van der Waals surface area (Å²) in [6.07, 6.45) is 5.10. The van der Waals surface area contributed by atoms with Gasteiger partial charge in [-0.3, -0.25) is 4.79 Å². The summed E-state index contributed by atoms with van der Waals surface area (Å²) in [7, 11) is -2.96. The Morgan fingerprint density at radius 1 is 1.18 bits per heavy atom. The van der Waals surface area contributed by atoms with Crippen molar-refractivity contribution >= 4 is 15.7 Å². The van der Waals surface area contributed by atoms with Gasteiger partial charge in [0.25, 0.3) is 0 Å². The molecule has 2 fully saturated rings. The van der Waals surface area contributed by atoms with Crippen LogP contribution in [0.4, 0.5) is 0 Å². The molecule has 17 heavy (non-hydrogen) atoms. The predicted octanol–water partition coefficient (Wildman–Crippen LogP) is 1.12. The summed E-state index contributed by atoms with van der Waals surface area (Å²) in [6.45, 7) is 2.16. The Balaban J connectivity index is 1.89. The van der Waals surface area contributed by atoms with Crippen molar-refractivity contribution in [3.8, 4) is 0 Å². The van der Waals surface area contributed by atoms with E-state index >= 15 is 0 Å². The Labute approximate surface area is 103 Å². The third-order valence-electron chi connectivity index (χ3n) is 4.04. The third-order valence-corrected chi connectivity index (χ3v) is 5.81. The van der Waals surface area contributed by atoms with E-state index < -0.39 is 9.84 Å². The van der Waals surface area contributed by atoms with Gasteiger partial charge in [0.2, 0.25) is 5.91 Å². The Bertz CT molecular complexity index is 391. The Morgan fingerprint density at radius 2 is 1.88 bits per heavy atom. The Morgan fingerprint density at radius 3 is 2.47 bits per heavy atom. The Hall–Kier alpha value is -0.580. The second kappa shape index (κ2) is 4.96. The third kappa shape index (κ3) is 3.21. The van der Waals surface area contributed by atoms with Gasteiger partial charge in [-0.15, -0.1) is 0 Å². The van der Waals surface area contributed by atoms with Crippen molar-refractivity contribution < 1.29 is 13.2 Å². The van der Waals surface area contributed by atoms with E-state index in [0.717, 1.165) is 19.3 Å². The van der Waals surface area contributed by atoms with Crippen LogP contribution in [0, 0.1) is 11.8 Å². The van der Waals surface area contributed by atoms with Crippen molar-refractivity contribution in [1.82, 2.24) is 5.32 Å². The van der Waals surface area contributed by atoms with Crippen molar-refractivity contribution in [3.05, 3.63) is 0 Å². The van der Waals surface area contributed by atoms with Gasteiger partial charge in [-0.25, -0.2) is 8.42 Å². The summed E-state index contributed by atoms with van der Waals surface area (Å²) in [5.41, 5.74) is 0. The minimum absolute atomic E-state index is 0.0416. The van der Waals surface area contributed by atoms with Crippen LogP contribution in [0.3, 0.4) is 0 Å². The molecule has 0 aromatic carbocycles. The number of nitrogens with one attached hydrogen (secondary N) is 1. The largest absolute Gasteiger partial charge is 0.353 e. The molecule has 0 spiro atoms. The molecule has 1 saturated heterocycles. The molecule has 2 rings (SSSR count). The quantitative estimate of drug-likeness (QED) is 0.808. The number of hydrogen-bond acceptors (Lipinski definition) is 3. The van der Waals surface area contributed by atoms with E-state index in [1.807, 2.05) is 0 Å². The lowest BCUT2D eigenvalue weighted by molar-refractivity contribution is -0.125. The minimum atomic E-state index is -2.96. The first kappa shape index (κ1) is 12.9. The van der Waals surface area contributed by atoms with Crippen LogP contribution in [-0.2, 0) is 14.6 Å². The fourth-order valence-corrected chi connectivity index (χ4v) is 4.57. The highest BCUT2D eigenvalue weighted by atomic mass is 32.2. The van der Waals surface area contributed by atoms with Crippen LogP contribution in [-0.4, -0.2) is 31.9 Å². The molecule has 98 valence electrons. The summed E-state index contributed by atoms with van der Waals surface area (Å²) < 4.78 is 22.6. The van der Waals surface area contributed by atoms with Crippen LogP contribution in [0.5, 0.6) is 0 Å². The molecule has 0 aromatic rings. The highest BCUT2D eigenvalue weighted by molar-refractivity contribution is 7.91. The average Bonchev–Trinajstić information content (AvgIpc) is 2.62. The van der Waals surface area contributed by atoms with Crippen molar-refractivity contribution in [2.24, 2.45) is 11.8 Å². The molecule has 1 N–H and O–H groups in total. The molecule has 1 amide bonds.